The molecule has 2 rings (SSSR count). The van der Waals surface area contributed by atoms with E-state index in [0.29, 0.717) is 8.68 Å². The van der Waals surface area contributed by atoms with E-state index >= 15 is 0 Å². The van der Waals surface area contributed by atoms with Crippen LogP contribution < -0.4 is 9.47 Å². The van der Waals surface area contributed by atoms with Crippen molar-refractivity contribution in [2.75, 3.05) is 12.5 Å². The van der Waals surface area contributed by atoms with Crippen LogP contribution >= 0.6 is 34.7 Å². The minimum absolute atomic E-state index is 0.145. The lowest BCUT2D eigenvalue weighted by atomic mass is 10.2. The lowest BCUT2D eigenvalue weighted by molar-refractivity contribution is 0.268. The van der Waals surface area contributed by atoms with E-state index < -0.39 is 34.8 Å². The highest BCUT2D eigenvalue weighted by atomic mass is 35.5. The van der Waals surface area contributed by atoms with Crippen LogP contribution in [0.2, 0.25) is 4.34 Å². The van der Waals surface area contributed by atoms with Gasteiger partial charge in [-0.25, -0.2) is 4.98 Å². The molecule has 0 bridgehead atoms. The molecule has 0 atom stereocenters. The second-order valence-electron chi connectivity index (χ2n) is 3.68. The van der Waals surface area contributed by atoms with Crippen molar-refractivity contribution in [3.63, 3.8) is 0 Å². The number of halogens is 5. The van der Waals surface area contributed by atoms with Crippen LogP contribution in [0.1, 0.15) is 6.92 Å². The van der Waals surface area contributed by atoms with Crippen LogP contribution in [-0.4, -0.2) is 17.5 Å². The minimum Gasteiger partial charge on any atom is -0.488 e. The van der Waals surface area contributed by atoms with Gasteiger partial charge in [0.2, 0.25) is 23.3 Å². The van der Waals surface area contributed by atoms with E-state index in [1.165, 1.54) is 13.1 Å². The first-order chi connectivity index (χ1) is 10.5. The summed E-state index contributed by atoms with van der Waals surface area (Å²) >= 11 is 7.76. The number of thioether (sulfide) groups is 1. The molecule has 0 aliphatic carbocycles. The highest BCUT2D eigenvalue weighted by molar-refractivity contribution is 8.00. The van der Waals surface area contributed by atoms with E-state index in [4.69, 9.17) is 16.3 Å². The maximum absolute atomic E-state index is 13.7. The lowest BCUT2D eigenvalue weighted by Gasteiger charge is -2.12. The first-order valence-electron chi connectivity index (χ1n) is 5.81. The summed E-state index contributed by atoms with van der Waals surface area (Å²) in [5, 5.41) is 0. The molecule has 0 spiro atoms. The van der Waals surface area contributed by atoms with Gasteiger partial charge in [-0.05, 0) is 6.92 Å². The van der Waals surface area contributed by atoms with Crippen molar-refractivity contribution in [2.45, 2.75) is 11.3 Å². The van der Waals surface area contributed by atoms with Crippen molar-refractivity contribution < 1.29 is 27.0 Å². The predicted molar refractivity (Wildman–Crippen MR) is 75.9 cm³/mol. The van der Waals surface area contributed by atoms with Crippen LogP contribution in [0, 0.1) is 23.3 Å². The molecule has 0 aliphatic rings. The molecule has 2 aromatic rings. The Hall–Kier alpha value is -1.19. The Morgan fingerprint density at radius 1 is 1.09 bits per heavy atom. The summed E-state index contributed by atoms with van der Waals surface area (Å²) in [5.74, 6) is -9.14. The number of nitrogens with zero attached hydrogens (tertiary/aromatic N) is 1. The molecule has 120 valence electrons. The van der Waals surface area contributed by atoms with E-state index in [1.54, 1.807) is 0 Å². The summed E-state index contributed by atoms with van der Waals surface area (Å²) in [5.41, 5.74) is 0. The summed E-state index contributed by atoms with van der Waals surface area (Å²) < 4.78 is 64.9. The smallest absolute Gasteiger partial charge is 0.207 e. The molecule has 0 unspecified atom stereocenters. The van der Waals surface area contributed by atoms with Crippen molar-refractivity contribution in [3.8, 4) is 11.5 Å². The van der Waals surface area contributed by atoms with Crippen LogP contribution in [0.5, 0.6) is 11.5 Å². The fourth-order valence-electron chi connectivity index (χ4n) is 1.43. The molecule has 0 N–H and O–H groups in total. The van der Waals surface area contributed by atoms with Gasteiger partial charge < -0.3 is 9.47 Å². The molecule has 1 heterocycles. The molecular formula is C12H8ClF4NO2S2. The molecular weight excluding hydrogens is 366 g/mol. The van der Waals surface area contributed by atoms with Gasteiger partial charge in [-0.3, -0.25) is 0 Å². The number of aromatic nitrogens is 1. The summed E-state index contributed by atoms with van der Waals surface area (Å²) in [6, 6.07) is 0. The summed E-state index contributed by atoms with van der Waals surface area (Å²) in [4.78, 5) is 3.88. The van der Waals surface area contributed by atoms with Gasteiger partial charge >= 0.3 is 0 Å². The molecule has 0 fully saturated rings. The third-order valence-corrected chi connectivity index (χ3v) is 4.41. The molecule has 0 aliphatic heterocycles. The summed E-state index contributed by atoms with van der Waals surface area (Å²) in [6.07, 6.45) is 1.39. The van der Waals surface area contributed by atoms with Gasteiger partial charge in [0.1, 0.15) is 10.3 Å². The topological polar surface area (TPSA) is 31.4 Å². The molecule has 0 radical (unpaired) electrons. The number of benzene rings is 1. The van der Waals surface area contributed by atoms with E-state index in [2.05, 4.69) is 9.72 Å². The van der Waals surface area contributed by atoms with Gasteiger partial charge in [0.15, 0.2) is 15.8 Å². The monoisotopic (exact) mass is 373 g/mol. The molecule has 0 saturated heterocycles. The van der Waals surface area contributed by atoms with Crippen LogP contribution in [-0.2, 0) is 0 Å². The van der Waals surface area contributed by atoms with Crippen molar-refractivity contribution in [2.24, 2.45) is 0 Å². The Kier molecular flexibility index (Phi) is 5.76. The molecule has 10 heteroatoms. The summed E-state index contributed by atoms with van der Waals surface area (Å²) in [6.45, 7) is 1.28. The number of hydrogen-bond acceptors (Lipinski definition) is 5. The highest BCUT2D eigenvalue weighted by Crippen LogP contribution is 2.35. The second-order valence-corrected chi connectivity index (χ2v) is 6.52. The molecule has 1 aromatic carbocycles. The molecule has 22 heavy (non-hydrogen) atoms. The number of hydrogen-bond donors (Lipinski definition) is 0. The third kappa shape index (κ3) is 3.58. The highest BCUT2D eigenvalue weighted by Gasteiger charge is 2.27. The van der Waals surface area contributed by atoms with Crippen LogP contribution in [0.15, 0.2) is 10.5 Å². The fourth-order valence-corrected chi connectivity index (χ4v) is 3.27. The van der Waals surface area contributed by atoms with Crippen molar-refractivity contribution in [1.82, 2.24) is 4.98 Å². The van der Waals surface area contributed by atoms with Crippen LogP contribution in [0.4, 0.5) is 17.6 Å². The Balaban J connectivity index is 2.17. The number of ether oxygens (including phenoxy) is 2. The van der Waals surface area contributed by atoms with E-state index in [0.717, 1.165) is 23.1 Å². The maximum atomic E-state index is 13.7. The van der Waals surface area contributed by atoms with Gasteiger partial charge in [-0.15, -0.1) is 0 Å². The molecule has 1 aromatic heterocycles. The SMILES string of the molecule is CCOc1c(F)c(F)c(OCSc2ncc(Cl)s2)c(F)c1F. The van der Waals surface area contributed by atoms with Gasteiger partial charge in [0.05, 0.1) is 12.8 Å². The average molecular weight is 374 g/mol. The lowest BCUT2D eigenvalue weighted by Crippen LogP contribution is -2.07. The first kappa shape index (κ1) is 17.2. The zero-order valence-electron chi connectivity index (χ0n) is 11.0. The standard InChI is InChI=1S/C12H8ClF4NO2S2/c1-2-19-10-6(14)8(16)11(9(17)7(10)15)20-4-21-12-18-3-5(13)22-12/h3H,2,4H2,1H3. The zero-order valence-corrected chi connectivity index (χ0v) is 13.4. The van der Waals surface area contributed by atoms with Gasteiger partial charge in [-0.1, -0.05) is 34.7 Å². The van der Waals surface area contributed by atoms with E-state index in [9.17, 15) is 17.6 Å². The Morgan fingerprint density at radius 2 is 1.64 bits per heavy atom. The largest absolute Gasteiger partial charge is 0.488 e. The first-order valence-corrected chi connectivity index (χ1v) is 7.99. The number of thiazole rings is 1. The predicted octanol–water partition coefficient (Wildman–Crippen LogP) is 4.88. The quantitative estimate of drug-likeness (QED) is 0.312. The fraction of sp³-hybridized carbons (Fsp3) is 0.250. The van der Waals surface area contributed by atoms with Crippen molar-refractivity contribution in [1.29, 1.82) is 0 Å². The van der Waals surface area contributed by atoms with E-state index in [1.807, 2.05) is 0 Å². The maximum Gasteiger partial charge on any atom is 0.207 e. The Bertz CT molecular complexity index is 654. The van der Waals surface area contributed by atoms with Gasteiger partial charge in [0, 0.05) is 0 Å². The molecule has 3 nitrogen and oxygen atoms in total. The van der Waals surface area contributed by atoms with Gasteiger partial charge in [0.25, 0.3) is 0 Å². The summed E-state index contributed by atoms with van der Waals surface area (Å²) in [7, 11) is 0. The number of rotatable bonds is 6. The van der Waals surface area contributed by atoms with E-state index in [-0.39, 0.29) is 12.5 Å². The van der Waals surface area contributed by atoms with Gasteiger partial charge in [-0.2, -0.15) is 17.6 Å². The normalized spacial score (nSPS) is 10.8. The Morgan fingerprint density at radius 3 is 2.09 bits per heavy atom. The van der Waals surface area contributed by atoms with Crippen molar-refractivity contribution >= 4 is 34.7 Å². The Labute approximate surface area is 136 Å². The van der Waals surface area contributed by atoms with Crippen LogP contribution in [0.3, 0.4) is 0 Å². The molecule has 0 amide bonds. The zero-order chi connectivity index (χ0) is 16.3. The second kappa shape index (κ2) is 7.38. The third-order valence-electron chi connectivity index (χ3n) is 2.31. The minimum atomic E-state index is -1.65. The van der Waals surface area contributed by atoms with Crippen molar-refractivity contribution in [3.05, 3.63) is 33.8 Å². The molecule has 0 saturated carbocycles. The van der Waals surface area contributed by atoms with Crippen LogP contribution in [0.25, 0.3) is 0 Å². The average Bonchev–Trinajstić information content (AvgIpc) is 2.91.